The van der Waals surface area contributed by atoms with Gasteiger partial charge in [-0.05, 0) is 49.2 Å². The summed E-state index contributed by atoms with van der Waals surface area (Å²) in [5.41, 5.74) is 3.11. The van der Waals surface area contributed by atoms with Gasteiger partial charge in [-0.3, -0.25) is 4.79 Å². The first-order valence-electron chi connectivity index (χ1n) is 6.94. The lowest BCUT2D eigenvalue weighted by Gasteiger charge is -2.13. The van der Waals surface area contributed by atoms with E-state index in [1.807, 2.05) is 26.0 Å². The number of ether oxygens (including phenoxy) is 1. The molecule has 2 rings (SSSR count). The first kappa shape index (κ1) is 15.8. The average Bonchev–Trinajstić information content (AvgIpc) is 2.48. The molecular weight excluding hydrogens is 283 g/mol. The number of carbonyl (C=O) groups excluding carboxylic acids is 1. The molecule has 22 heavy (non-hydrogen) atoms. The van der Waals surface area contributed by atoms with Crippen LogP contribution in [0.3, 0.4) is 0 Å². The molecule has 0 spiro atoms. The van der Waals surface area contributed by atoms with Crippen LogP contribution < -0.4 is 15.4 Å². The van der Waals surface area contributed by atoms with Crippen LogP contribution in [0.15, 0.2) is 36.4 Å². The molecule has 0 heterocycles. The van der Waals surface area contributed by atoms with E-state index in [0.717, 1.165) is 11.1 Å². The minimum absolute atomic E-state index is 0.0430. The summed E-state index contributed by atoms with van der Waals surface area (Å²) in [6.45, 7) is 3.83. The molecule has 0 unspecified atom stereocenters. The zero-order valence-electron chi connectivity index (χ0n) is 12.9. The highest BCUT2D eigenvalue weighted by atomic mass is 19.1. The number of rotatable bonds is 5. The van der Waals surface area contributed by atoms with Gasteiger partial charge < -0.3 is 15.4 Å². The van der Waals surface area contributed by atoms with E-state index in [9.17, 15) is 9.18 Å². The van der Waals surface area contributed by atoms with Crippen LogP contribution >= 0.6 is 0 Å². The van der Waals surface area contributed by atoms with Crippen molar-refractivity contribution in [1.29, 1.82) is 0 Å². The van der Waals surface area contributed by atoms with Gasteiger partial charge in [0, 0.05) is 5.69 Å². The first-order valence-corrected chi connectivity index (χ1v) is 6.94. The summed E-state index contributed by atoms with van der Waals surface area (Å²) in [5, 5.41) is 5.72. The second-order valence-electron chi connectivity index (χ2n) is 5.06. The Hall–Kier alpha value is -2.56. The van der Waals surface area contributed by atoms with E-state index in [1.54, 1.807) is 19.2 Å². The fraction of sp³-hybridized carbons (Fsp3) is 0.235. The predicted octanol–water partition coefficient (Wildman–Crippen LogP) is 3.50. The summed E-state index contributed by atoms with van der Waals surface area (Å²) in [6.07, 6.45) is 0. The number of nitrogens with one attached hydrogen (secondary N) is 2. The van der Waals surface area contributed by atoms with Crippen LogP contribution in [0.25, 0.3) is 0 Å². The topological polar surface area (TPSA) is 50.4 Å². The molecule has 0 aromatic heterocycles. The maximum absolute atomic E-state index is 13.2. The van der Waals surface area contributed by atoms with Gasteiger partial charge in [-0.25, -0.2) is 4.39 Å². The van der Waals surface area contributed by atoms with Crippen molar-refractivity contribution in [3.63, 3.8) is 0 Å². The SMILES string of the molecule is COc1ccc(C)cc1NC(=O)CNc1cc(F)ccc1C. The molecule has 5 heteroatoms. The third kappa shape index (κ3) is 3.97. The van der Waals surface area contributed by atoms with E-state index in [-0.39, 0.29) is 18.3 Å². The van der Waals surface area contributed by atoms with Gasteiger partial charge in [0.1, 0.15) is 11.6 Å². The molecule has 0 aliphatic rings. The van der Waals surface area contributed by atoms with Crippen LogP contribution in [0.5, 0.6) is 5.75 Å². The summed E-state index contributed by atoms with van der Waals surface area (Å²) in [7, 11) is 1.55. The highest BCUT2D eigenvalue weighted by Crippen LogP contribution is 2.25. The summed E-state index contributed by atoms with van der Waals surface area (Å²) in [6, 6.07) is 9.97. The highest BCUT2D eigenvalue weighted by Gasteiger charge is 2.08. The summed E-state index contributed by atoms with van der Waals surface area (Å²) < 4.78 is 18.4. The monoisotopic (exact) mass is 302 g/mol. The zero-order valence-corrected chi connectivity index (χ0v) is 12.9. The molecule has 2 aromatic rings. The first-order chi connectivity index (χ1) is 10.5. The van der Waals surface area contributed by atoms with Crippen LogP contribution in [-0.2, 0) is 4.79 Å². The van der Waals surface area contributed by atoms with Crippen molar-refractivity contribution in [3.05, 3.63) is 53.3 Å². The Kier molecular flexibility index (Phi) is 4.99. The van der Waals surface area contributed by atoms with E-state index in [2.05, 4.69) is 10.6 Å². The van der Waals surface area contributed by atoms with Crippen molar-refractivity contribution in [1.82, 2.24) is 0 Å². The lowest BCUT2D eigenvalue weighted by atomic mass is 10.2. The number of hydrogen-bond acceptors (Lipinski definition) is 3. The number of benzene rings is 2. The van der Waals surface area contributed by atoms with E-state index in [1.165, 1.54) is 12.1 Å². The number of amides is 1. The maximum atomic E-state index is 13.2. The Morgan fingerprint density at radius 2 is 1.91 bits per heavy atom. The minimum atomic E-state index is -0.339. The molecule has 0 saturated carbocycles. The highest BCUT2D eigenvalue weighted by molar-refractivity contribution is 5.95. The van der Waals surface area contributed by atoms with Gasteiger partial charge in [0.25, 0.3) is 0 Å². The normalized spacial score (nSPS) is 10.2. The standard InChI is InChI=1S/C17H19FN2O2/c1-11-4-7-16(22-3)15(8-11)20-17(21)10-19-14-9-13(18)6-5-12(14)2/h4-9,19H,10H2,1-3H3,(H,20,21). The van der Waals surface area contributed by atoms with Crippen molar-refractivity contribution in [2.75, 3.05) is 24.3 Å². The van der Waals surface area contributed by atoms with Gasteiger partial charge in [0.15, 0.2) is 0 Å². The summed E-state index contributed by atoms with van der Waals surface area (Å²) in [4.78, 5) is 12.0. The summed E-state index contributed by atoms with van der Waals surface area (Å²) >= 11 is 0. The van der Waals surface area contributed by atoms with E-state index in [0.29, 0.717) is 17.1 Å². The number of carbonyl (C=O) groups is 1. The number of hydrogen-bond donors (Lipinski definition) is 2. The lowest BCUT2D eigenvalue weighted by Crippen LogP contribution is -2.22. The van der Waals surface area contributed by atoms with Crippen molar-refractivity contribution in [3.8, 4) is 5.75 Å². The Bertz CT molecular complexity index is 686. The van der Waals surface area contributed by atoms with Gasteiger partial charge in [-0.1, -0.05) is 12.1 Å². The molecule has 1 amide bonds. The fourth-order valence-corrected chi connectivity index (χ4v) is 2.07. The zero-order chi connectivity index (χ0) is 16.1. The van der Waals surface area contributed by atoms with Gasteiger partial charge in [-0.15, -0.1) is 0 Å². The Balaban J connectivity index is 2.01. The van der Waals surface area contributed by atoms with Gasteiger partial charge in [-0.2, -0.15) is 0 Å². The van der Waals surface area contributed by atoms with Gasteiger partial charge in [0.05, 0.1) is 19.3 Å². The van der Waals surface area contributed by atoms with Gasteiger partial charge >= 0.3 is 0 Å². The minimum Gasteiger partial charge on any atom is -0.495 e. The predicted molar refractivity (Wildman–Crippen MR) is 86.0 cm³/mol. The molecule has 0 aliphatic heterocycles. The van der Waals surface area contributed by atoms with Crippen molar-refractivity contribution in [2.24, 2.45) is 0 Å². The molecule has 0 fully saturated rings. The van der Waals surface area contributed by atoms with Crippen LogP contribution in [0.1, 0.15) is 11.1 Å². The van der Waals surface area contributed by atoms with Gasteiger partial charge in [0.2, 0.25) is 5.91 Å². The van der Waals surface area contributed by atoms with Crippen molar-refractivity contribution in [2.45, 2.75) is 13.8 Å². The third-order valence-electron chi connectivity index (χ3n) is 3.27. The lowest BCUT2D eigenvalue weighted by molar-refractivity contribution is -0.114. The largest absolute Gasteiger partial charge is 0.495 e. The molecular formula is C17H19FN2O2. The molecule has 4 nitrogen and oxygen atoms in total. The van der Waals surface area contributed by atoms with Crippen molar-refractivity contribution < 1.29 is 13.9 Å². The number of methoxy groups -OCH3 is 1. The maximum Gasteiger partial charge on any atom is 0.243 e. The van der Waals surface area contributed by atoms with E-state index in [4.69, 9.17) is 4.74 Å². The van der Waals surface area contributed by atoms with E-state index < -0.39 is 0 Å². The molecule has 0 saturated heterocycles. The van der Waals surface area contributed by atoms with Crippen LogP contribution in [0.2, 0.25) is 0 Å². The third-order valence-corrected chi connectivity index (χ3v) is 3.27. The second-order valence-corrected chi connectivity index (χ2v) is 5.06. The molecule has 116 valence electrons. The fourth-order valence-electron chi connectivity index (χ4n) is 2.07. The number of aryl methyl sites for hydroxylation is 2. The van der Waals surface area contributed by atoms with Crippen LogP contribution in [0.4, 0.5) is 15.8 Å². The van der Waals surface area contributed by atoms with E-state index >= 15 is 0 Å². The molecule has 2 N–H and O–H groups in total. The van der Waals surface area contributed by atoms with Crippen molar-refractivity contribution >= 4 is 17.3 Å². The Morgan fingerprint density at radius 1 is 1.14 bits per heavy atom. The average molecular weight is 302 g/mol. The molecule has 0 atom stereocenters. The Morgan fingerprint density at radius 3 is 2.64 bits per heavy atom. The van der Waals surface area contributed by atoms with Crippen LogP contribution in [-0.4, -0.2) is 19.6 Å². The second kappa shape index (κ2) is 6.93. The number of anilines is 2. The Labute approximate surface area is 129 Å². The molecule has 2 aromatic carbocycles. The molecule has 0 radical (unpaired) electrons. The van der Waals surface area contributed by atoms with Crippen LogP contribution in [0, 0.1) is 19.7 Å². The summed E-state index contributed by atoms with van der Waals surface area (Å²) in [5.74, 6) is 0.0299. The molecule has 0 bridgehead atoms. The smallest absolute Gasteiger partial charge is 0.243 e. The number of halogens is 1. The quantitative estimate of drug-likeness (QED) is 0.888. The molecule has 0 aliphatic carbocycles.